The number of furan rings is 1. The average Bonchev–Trinajstić information content (AvgIpc) is 3.61. The van der Waals surface area contributed by atoms with Crippen molar-refractivity contribution in [3.05, 3.63) is 54.6 Å². The molecule has 38 heavy (non-hydrogen) atoms. The lowest BCUT2D eigenvalue weighted by molar-refractivity contribution is 0.0860. The van der Waals surface area contributed by atoms with Crippen LogP contribution in [0.4, 0.5) is 11.5 Å². The predicted molar refractivity (Wildman–Crippen MR) is 150 cm³/mol. The number of nitrogen functional groups attached to an aromatic ring is 1. The maximum absolute atomic E-state index is 6.44. The first-order valence-corrected chi connectivity index (χ1v) is 13.6. The van der Waals surface area contributed by atoms with Gasteiger partial charge in [0.25, 0.3) is 0 Å². The van der Waals surface area contributed by atoms with E-state index >= 15 is 0 Å². The van der Waals surface area contributed by atoms with Crippen LogP contribution in [0, 0.1) is 0 Å². The van der Waals surface area contributed by atoms with Crippen molar-refractivity contribution in [1.82, 2.24) is 24.6 Å². The van der Waals surface area contributed by atoms with Gasteiger partial charge in [0.2, 0.25) is 0 Å². The molecule has 0 aliphatic carbocycles. The molecule has 3 aromatic heterocycles. The SMILES string of the molecule is COc1cc(-c2nn(C3CCN(C4CCN(C)CC4)CC3)c3ccnc(N)c23)ccc1NCc1ccco1. The van der Waals surface area contributed by atoms with Gasteiger partial charge < -0.3 is 30.0 Å². The molecule has 0 saturated carbocycles. The highest BCUT2D eigenvalue weighted by atomic mass is 16.5. The smallest absolute Gasteiger partial charge is 0.142 e. The Morgan fingerprint density at radius 1 is 1.05 bits per heavy atom. The fourth-order valence-corrected chi connectivity index (χ4v) is 6.03. The summed E-state index contributed by atoms with van der Waals surface area (Å²) in [6, 6.07) is 13.0. The molecular weight excluding hydrogens is 478 g/mol. The molecule has 9 nitrogen and oxygen atoms in total. The zero-order valence-corrected chi connectivity index (χ0v) is 22.3. The van der Waals surface area contributed by atoms with Gasteiger partial charge >= 0.3 is 0 Å². The Balaban J connectivity index is 1.26. The third-order valence-electron chi connectivity index (χ3n) is 8.21. The highest BCUT2D eigenvalue weighted by Crippen LogP contribution is 2.38. The summed E-state index contributed by atoms with van der Waals surface area (Å²) in [4.78, 5) is 9.55. The molecule has 2 fully saturated rings. The molecule has 0 unspecified atom stereocenters. The highest BCUT2D eigenvalue weighted by molar-refractivity contribution is 6.00. The van der Waals surface area contributed by atoms with Crippen molar-refractivity contribution in [1.29, 1.82) is 0 Å². The number of hydrogen-bond acceptors (Lipinski definition) is 8. The van der Waals surface area contributed by atoms with Crippen LogP contribution in [0.2, 0.25) is 0 Å². The summed E-state index contributed by atoms with van der Waals surface area (Å²) in [5.74, 6) is 2.11. The number of pyridine rings is 1. The largest absolute Gasteiger partial charge is 0.495 e. The molecule has 1 aromatic carbocycles. The Hall–Kier alpha value is -3.56. The van der Waals surface area contributed by atoms with E-state index in [4.69, 9.17) is 20.0 Å². The van der Waals surface area contributed by atoms with Gasteiger partial charge in [-0.1, -0.05) is 6.07 Å². The first-order chi connectivity index (χ1) is 18.6. The van der Waals surface area contributed by atoms with E-state index in [-0.39, 0.29) is 0 Å². The van der Waals surface area contributed by atoms with E-state index in [9.17, 15) is 0 Å². The topological polar surface area (TPSA) is 97.6 Å². The van der Waals surface area contributed by atoms with E-state index in [1.807, 2.05) is 30.3 Å². The fraction of sp³-hybridized carbons (Fsp3) is 0.448. The number of nitrogens with two attached hydrogens (primary N) is 1. The molecule has 2 aliphatic rings. The minimum atomic E-state index is 0.340. The molecule has 0 spiro atoms. The number of rotatable bonds is 7. The second kappa shape index (κ2) is 10.7. The number of methoxy groups -OCH3 is 1. The lowest BCUT2D eigenvalue weighted by Gasteiger charge is -2.41. The van der Waals surface area contributed by atoms with E-state index in [2.05, 4.69) is 37.9 Å². The van der Waals surface area contributed by atoms with Crippen molar-refractivity contribution in [2.75, 3.05) is 51.4 Å². The van der Waals surface area contributed by atoms with Crippen molar-refractivity contribution in [3.8, 4) is 17.0 Å². The molecule has 0 amide bonds. The third-order valence-corrected chi connectivity index (χ3v) is 8.21. The lowest BCUT2D eigenvalue weighted by Crippen LogP contribution is -2.47. The Kier molecular flexibility index (Phi) is 6.95. The third kappa shape index (κ3) is 4.83. The number of nitrogens with one attached hydrogen (secondary N) is 1. The summed E-state index contributed by atoms with van der Waals surface area (Å²) >= 11 is 0. The summed E-state index contributed by atoms with van der Waals surface area (Å²) in [5.41, 5.74) is 10.2. The van der Waals surface area contributed by atoms with Crippen LogP contribution >= 0.6 is 0 Å². The number of aromatic nitrogens is 3. The summed E-state index contributed by atoms with van der Waals surface area (Å²) in [6.07, 6.45) is 8.18. The van der Waals surface area contributed by atoms with Gasteiger partial charge in [-0.05, 0) is 76.2 Å². The van der Waals surface area contributed by atoms with E-state index in [0.717, 1.165) is 65.3 Å². The van der Waals surface area contributed by atoms with E-state index in [0.29, 0.717) is 24.4 Å². The average molecular weight is 516 g/mol. The van der Waals surface area contributed by atoms with Gasteiger partial charge in [0.05, 0.1) is 42.5 Å². The number of ether oxygens (including phenoxy) is 1. The maximum atomic E-state index is 6.44. The Labute approximate surface area is 223 Å². The van der Waals surface area contributed by atoms with Crippen LogP contribution in [0.5, 0.6) is 5.75 Å². The molecule has 4 aromatic rings. The zero-order chi connectivity index (χ0) is 26.1. The number of likely N-dealkylation sites (tertiary alicyclic amines) is 2. The van der Waals surface area contributed by atoms with Crippen molar-refractivity contribution < 1.29 is 9.15 Å². The van der Waals surface area contributed by atoms with Gasteiger partial charge in [0, 0.05) is 30.9 Å². The van der Waals surface area contributed by atoms with Gasteiger partial charge in [-0.3, -0.25) is 4.68 Å². The molecule has 0 bridgehead atoms. The van der Waals surface area contributed by atoms with Gasteiger partial charge in [-0.15, -0.1) is 0 Å². The van der Waals surface area contributed by atoms with Crippen LogP contribution in [-0.2, 0) is 6.54 Å². The van der Waals surface area contributed by atoms with Crippen LogP contribution in [-0.4, -0.2) is 70.9 Å². The molecule has 3 N–H and O–H groups in total. The normalized spacial score (nSPS) is 18.3. The fourth-order valence-electron chi connectivity index (χ4n) is 6.03. The molecule has 2 saturated heterocycles. The van der Waals surface area contributed by atoms with Crippen LogP contribution in [0.3, 0.4) is 0 Å². The van der Waals surface area contributed by atoms with Crippen LogP contribution in [0.1, 0.15) is 37.5 Å². The Morgan fingerprint density at radius 2 is 1.84 bits per heavy atom. The first kappa shape index (κ1) is 24.8. The molecule has 2 aliphatic heterocycles. The molecule has 200 valence electrons. The number of benzene rings is 1. The Bertz CT molecular complexity index is 1370. The zero-order valence-electron chi connectivity index (χ0n) is 22.3. The van der Waals surface area contributed by atoms with Gasteiger partial charge in [0.15, 0.2) is 0 Å². The molecule has 0 radical (unpaired) electrons. The van der Waals surface area contributed by atoms with Gasteiger partial charge in [-0.25, -0.2) is 4.98 Å². The molecule has 0 atom stereocenters. The number of hydrogen-bond donors (Lipinski definition) is 2. The van der Waals surface area contributed by atoms with Crippen molar-refractivity contribution in [3.63, 3.8) is 0 Å². The summed E-state index contributed by atoms with van der Waals surface area (Å²) in [6.45, 7) is 5.20. The molecule has 9 heteroatoms. The number of anilines is 2. The second-order valence-corrected chi connectivity index (χ2v) is 10.5. The quantitative estimate of drug-likeness (QED) is 0.368. The van der Waals surface area contributed by atoms with Crippen LogP contribution in [0.25, 0.3) is 22.2 Å². The van der Waals surface area contributed by atoms with E-state index in [1.165, 1.54) is 25.9 Å². The van der Waals surface area contributed by atoms with Gasteiger partial charge in [0.1, 0.15) is 23.0 Å². The lowest BCUT2D eigenvalue weighted by atomic mass is 9.98. The second-order valence-electron chi connectivity index (χ2n) is 10.5. The molecule has 6 rings (SSSR count). The van der Waals surface area contributed by atoms with E-state index < -0.39 is 0 Å². The molecular formula is C29H37N7O2. The number of piperidine rings is 2. The van der Waals surface area contributed by atoms with Crippen molar-refractivity contribution in [2.45, 2.75) is 44.3 Å². The van der Waals surface area contributed by atoms with Crippen LogP contribution in [0.15, 0.2) is 53.3 Å². The first-order valence-electron chi connectivity index (χ1n) is 13.6. The summed E-state index contributed by atoms with van der Waals surface area (Å²) in [7, 11) is 3.91. The predicted octanol–water partition coefficient (Wildman–Crippen LogP) is 4.63. The highest BCUT2D eigenvalue weighted by Gasteiger charge is 2.30. The van der Waals surface area contributed by atoms with Gasteiger partial charge in [-0.2, -0.15) is 5.10 Å². The minimum absolute atomic E-state index is 0.340. The maximum Gasteiger partial charge on any atom is 0.142 e. The van der Waals surface area contributed by atoms with E-state index in [1.54, 1.807) is 19.6 Å². The number of nitrogens with zero attached hydrogens (tertiary/aromatic N) is 5. The Morgan fingerprint density at radius 3 is 2.58 bits per heavy atom. The molecule has 5 heterocycles. The minimum Gasteiger partial charge on any atom is -0.495 e. The van der Waals surface area contributed by atoms with Crippen molar-refractivity contribution in [2.24, 2.45) is 0 Å². The summed E-state index contributed by atoms with van der Waals surface area (Å²) < 4.78 is 13.4. The summed E-state index contributed by atoms with van der Waals surface area (Å²) in [5, 5.41) is 9.47. The standard InChI is InChI=1S/C29H37N7O2/c1-34-13-8-21(9-14-34)35-15-10-22(11-16-35)36-25-7-12-31-29(30)27(25)28(33-36)20-5-6-24(26(18-20)37-2)32-19-23-4-3-17-38-23/h3-7,12,17-18,21-22,32H,8-11,13-16,19H2,1-2H3,(H2,30,31). The monoisotopic (exact) mass is 515 g/mol. The number of fused-ring (bicyclic) bond motifs is 1. The van der Waals surface area contributed by atoms with Crippen molar-refractivity contribution >= 4 is 22.4 Å². The van der Waals surface area contributed by atoms with Crippen LogP contribution < -0.4 is 15.8 Å².